The summed E-state index contributed by atoms with van der Waals surface area (Å²) in [5, 5.41) is 3.09. The lowest BCUT2D eigenvalue weighted by molar-refractivity contribution is 0.588. The Morgan fingerprint density at radius 2 is 2.00 bits per heavy atom. The lowest BCUT2D eigenvalue weighted by Gasteiger charge is -2.08. The molecule has 4 N–H and O–H groups in total. The van der Waals surface area contributed by atoms with Gasteiger partial charge in [-0.3, -0.25) is 0 Å². The highest BCUT2D eigenvalue weighted by Crippen LogP contribution is 2.13. The molecular formula is C13H17N5O2S. The number of benzene rings is 1. The van der Waals surface area contributed by atoms with Crippen molar-refractivity contribution in [3.05, 3.63) is 41.6 Å². The second kappa shape index (κ2) is 6.06. The third-order valence-corrected chi connectivity index (χ3v) is 4.23. The van der Waals surface area contributed by atoms with Crippen LogP contribution in [0.15, 0.2) is 35.2 Å². The molecule has 21 heavy (non-hydrogen) atoms. The predicted molar refractivity (Wildman–Crippen MR) is 81.2 cm³/mol. The van der Waals surface area contributed by atoms with Crippen molar-refractivity contribution in [3.8, 4) is 0 Å². The number of sulfonamides is 1. The molecule has 8 heteroatoms. The molecule has 0 saturated heterocycles. The standard InChI is InChI=1S/C13H17N5O2S/c1-9-6-12(18-13(14)17-9)16-8-10-4-3-5-11(7-10)21(19,20)15-2/h3-7,15H,8H2,1-2H3,(H3,14,16,17,18). The van der Waals surface area contributed by atoms with Crippen LogP contribution < -0.4 is 15.8 Å². The Kier molecular flexibility index (Phi) is 4.39. The highest BCUT2D eigenvalue weighted by atomic mass is 32.2. The van der Waals surface area contributed by atoms with Gasteiger partial charge in [-0.05, 0) is 31.7 Å². The van der Waals surface area contributed by atoms with Gasteiger partial charge in [-0.15, -0.1) is 0 Å². The molecule has 1 aromatic carbocycles. The van der Waals surface area contributed by atoms with E-state index in [1.165, 1.54) is 7.05 Å². The molecule has 7 nitrogen and oxygen atoms in total. The minimum atomic E-state index is -3.44. The normalized spacial score (nSPS) is 11.3. The summed E-state index contributed by atoms with van der Waals surface area (Å²) in [5.41, 5.74) is 7.16. The minimum absolute atomic E-state index is 0.198. The van der Waals surface area contributed by atoms with Gasteiger partial charge in [-0.2, -0.15) is 4.98 Å². The summed E-state index contributed by atoms with van der Waals surface area (Å²) in [6.45, 7) is 2.26. The van der Waals surface area contributed by atoms with Crippen LogP contribution in [-0.4, -0.2) is 25.4 Å². The molecule has 0 aliphatic heterocycles. The molecule has 0 amide bonds. The lowest BCUT2D eigenvalue weighted by Crippen LogP contribution is -2.18. The van der Waals surface area contributed by atoms with Crippen LogP contribution in [0, 0.1) is 6.92 Å². The maximum Gasteiger partial charge on any atom is 0.240 e. The summed E-state index contributed by atoms with van der Waals surface area (Å²) in [5.74, 6) is 0.797. The van der Waals surface area contributed by atoms with Gasteiger partial charge in [0.1, 0.15) is 5.82 Å². The number of hydrogen-bond donors (Lipinski definition) is 3. The van der Waals surface area contributed by atoms with Crippen molar-refractivity contribution in [2.75, 3.05) is 18.1 Å². The van der Waals surface area contributed by atoms with Gasteiger partial charge >= 0.3 is 0 Å². The molecule has 1 heterocycles. The monoisotopic (exact) mass is 307 g/mol. The maximum absolute atomic E-state index is 11.7. The van der Waals surface area contributed by atoms with Crippen molar-refractivity contribution in [1.29, 1.82) is 0 Å². The number of hydrogen-bond acceptors (Lipinski definition) is 6. The summed E-state index contributed by atoms with van der Waals surface area (Å²) in [7, 11) is -2.06. The Labute approximate surface area is 123 Å². The van der Waals surface area contributed by atoms with Crippen LogP contribution in [-0.2, 0) is 16.6 Å². The summed E-state index contributed by atoms with van der Waals surface area (Å²) >= 11 is 0. The third-order valence-electron chi connectivity index (χ3n) is 2.82. The Morgan fingerprint density at radius 3 is 2.67 bits per heavy atom. The number of aromatic nitrogens is 2. The van der Waals surface area contributed by atoms with Crippen molar-refractivity contribution >= 4 is 21.8 Å². The van der Waals surface area contributed by atoms with Gasteiger partial charge in [0.05, 0.1) is 4.90 Å². The van der Waals surface area contributed by atoms with E-state index in [2.05, 4.69) is 20.0 Å². The van der Waals surface area contributed by atoms with Gasteiger partial charge in [0.15, 0.2) is 0 Å². The van der Waals surface area contributed by atoms with E-state index in [0.717, 1.165) is 11.3 Å². The van der Waals surface area contributed by atoms with E-state index in [-0.39, 0.29) is 10.8 Å². The molecule has 112 valence electrons. The summed E-state index contributed by atoms with van der Waals surface area (Å²) in [4.78, 5) is 8.27. The zero-order valence-corrected chi connectivity index (χ0v) is 12.6. The second-order valence-corrected chi connectivity index (χ2v) is 6.35. The van der Waals surface area contributed by atoms with Gasteiger partial charge in [-0.1, -0.05) is 12.1 Å². The van der Waals surface area contributed by atoms with Crippen LogP contribution in [0.2, 0.25) is 0 Å². The number of anilines is 2. The van der Waals surface area contributed by atoms with Gasteiger partial charge in [-0.25, -0.2) is 18.1 Å². The third kappa shape index (κ3) is 3.89. The Hall–Kier alpha value is -2.19. The zero-order chi connectivity index (χ0) is 15.5. The summed E-state index contributed by atoms with van der Waals surface area (Å²) < 4.78 is 25.8. The summed E-state index contributed by atoms with van der Waals surface area (Å²) in [6, 6.07) is 8.45. The molecule has 0 spiro atoms. The maximum atomic E-state index is 11.7. The fourth-order valence-corrected chi connectivity index (χ4v) is 2.62. The highest BCUT2D eigenvalue weighted by Gasteiger charge is 2.11. The number of nitrogen functional groups attached to an aromatic ring is 1. The molecule has 0 bridgehead atoms. The SMILES string of the molecule is CNS(=O)(=O)c1cccc(CNc2cc(C)nc(N)n2)c1. The smallest absolute Gasteiger partial charge is 0.240 e. The van der Waals surface area contributed by atoms with Crippen LogP contribution in [0.4, 0.5) is 11.8 Å². The molecule has 0 radical (unpaired) electrons. The quantitative estimate of drug-likeness (QED) is 0.756. The molecule has 0 atom stereocenters. The number of nitrogens with two attached hydrogens (primary N) is 1. The van der Waals surface area contributed by atoms with Crippen molar-refractivity contribution in [1.82, 2.24) is 14.7 Å². The van der Waals surface area contributed by atoms with E-state index < -0.39 is 10.0 Å². The first kappa shape index (κ1) is 15.2. The predicted octanol–water partition coefficient (Wildman–Crippen LogP) is 0.887. The molecule has 2 rings (SSSR count). The van der Waals surface area contributed by atoms with Crippen LogP contribution >= 0.6 is 0 Å². The first-order valence-electron chi connectivity index (χ1n) is 6.28. The fourth-order valence-electron chi connectivity index (χ4n) is 1.82. The largest absolute Gasteiger partial charge is 0.368 e. The fraction of sp³-hybridized carbons (Fsp3) is 0.231. The van der Waals surface area contributed by atoms with E-state index in [1.54, 1.807) is 24.3 Å². The molecule has 1 aromatic heterocycles. The van der Waals surface area contributed by atoms with Gasteiger partial charge in [0.25, 0.3) is 0 Å². The summed E-state index contributed by atoms with van der Waals surface area (Å²) in [6.07, 6.45) is 0. The van der Waals surface area contributed by atoms with Crippen molar-refractivity contribution in [3.63, 3.8) is 0 Å². The second-order valence-electron chi connectivity index (χ2n) is 4.46. The van der Waals surface area contributed by atoms with Crippen LogP contribution in [0.1, 0.15) is 11.3 Å². The van der Waals surface area contributed by atoms with E-state index in [4.69, 9.17) is 5.73 Å². The van der Waals surface area contributed by atoms with E-state index in [9.17, 15) is 8.42 Å². The molecule has 0 saturated carbocycles. The molecule has 2 aromatic rings. The van der Waals surface area contributed by atoms with Crippen molar-refractivity contribution < 1.29 is 8.42 Å². The van der Waals surface area contributed by atoms with Crippen LogP contribution in [0.25, 0.3) is 0 Å². The van der Waals surface area contributed by atoms with E-state index >= 15 is 0 Å². The average Bonchev–Trinajstić information content (AvgIpc) is 2.44. The topological polar surface area (TPSA) is 110 Å². The molecule has 0 aliphatic carbocycles. The van der Waals surface area contributed by atoms with Gasteiger partial charge in [0.2, 0.25) is 16.0 Å². The Morgan fingerprint density at radius 1 is 1.24 bits per heavy atom. The Bertz CT molecular complexity index is 726. The minimum Gasteiger partial charge on any atom is -0.368 e. The first-order valence-corrected chi connectivity index (χ1v) is 7.76. The molecular weight excluding hydrogens is 290 g/mol. The van der Waals surface area contributed by atoms with Gasteiger partial charge in [0, 0.05) is 18.3 Å². The van der Waals surface area contributed by atoms with Crippen LogP contribution in [0.5, 0.6) is 0 Å². The number of nitrogens with zero attached hydrogens (tertiary/aromatic N) is 2. The average molecular weight is 307 g/mol. The van der Waals surface area contributed by atoms with E-state index in [0.29, 0.717) is 12.4 Å². The van der Waals surface area contributed by atoms with Crippen LogP contribution in [0.3, 0.4) is 0 Å². The highest BCUT2D eigenvalue weighted by molar-refractivity contribution is 7.89. The molecule has 0 aliphatic rings. The number of aryl methyl sites for hydroxylation is 1. The van der Waals surface area contributed by atoms with Crippen molar-refractivity contribution in [2.45, 2.75) is 18.4 Å². The van der Waals surface area contributed by atoms with Gasteiger partial charge < -0.3 is 11.1 Å². The van der Waals surface area contributed by atoms with Crippen molar-refractivity contribution in [2.24, 2.45) is 0 Å². The van der Waals surface area contributed by atoms with E-state index in [1.807, 2.05) is 13.0 Å². The first-order chi connectivity index (χ1) is 9.90. The molecule has 0 unspecified atom stereocenters. The number of nitrogens with one attached hydrogen (secondary N) is 2. The molecule has 0 fully saturated rings. The number of rotatable bonds is 5. The lowest BCUT2D eigenvalue weighted by atomic mass is 10.2. The zero-order valence-electron chi connectivity index (χ0n) is 11.8. The Balaban J connectivity index is 2.15.